The Morgan fingerprint density at radius 2 is 2.12 bits per heavy atom. The number of hydrogen-bond donors (Lipinski definition) is 1. The van der Waals surface area contributed by atoms with Crippen LogP contribution in [0.5, 0.6) is 5.75 Å². The molecule has 0 saturated carbocycles. The lowest BCUT2D eigenvalue weighted by Crippen LogP contribution is -2.19. The minimum Gasteiger partial charge on any atom is -0.494 e. The fraction of sp³-hybridized carbons (Fsp3) is 0.474. The van der Waals surface area contributed by atoms with Crippen molar-refractivity contribution in [1.29, 1.82) is 0 Å². The van der Waals surface area contributed by atoms with Gasteiger partial charge in [0.05, 0.1) is 6.61 Å². The van der Waals surface area contributed by atoms with E-state index in [-0.39, 0.29) is 5.78 Å². The maximum Gasteiger partial charge on any atom is 0.164 e. The first-order valence-corrected chi connectivity index (χ1v) is 8.75. The van der Waals surface area contributed by atoms with Gasteiger partial charge in [-0.25, -0.2) is 4.99 Å². The van der Waals surface area contributed by atoms with Gasteiger partial charge >= 0.3 is 0 Å². The molecule has 0 aromatic heterocycles. The number of ether oxygens (including phenoxy) is 1. The predicted molar refractivity (Wildman–Crippen MR) is 95.3 cm³/mol. The van der Waals surface area contributed by atoms with E-state index in [0.29, 0.717) is 18.8 Å². The lowest BCUT2D eigenvalue weighted by atomic mass is 10.2. The van der Waals surface area contributed by atoms with Crippen LogP contribution in [0.15, 0.2) is 41.2 Å². The SMILES string of the molecule is O=C1C=C(NCCCOc2cccc(CN3CCCC3)c2)N=CC1. The van der Waals surface area contributed by atoms with Crippen molar-refractivity contribution in [3.05, 3.63) is 41.7 Å². The molecule has 2 heterocycles. The second-order valence-electron chi connectivity index (χ2n) is 6.27. The van der Waals surface area contributed by atoms with Gasteiger partial charge in [-0.2, -0.15) is 0 Å². The van der Waals surface area contributed by atoms with Crippen LogP contribution in [-0.2, 0) is 11.3 Å². The van der Waals surface area contributed by atoms with Crippen LogP contribution in [0.4, 0.5) is 0 Å². The van der Waals surface area contributed by atoms with Gasteiger partial charge < -0.3 is 10.1 Å². The summed E-state index contributed by atoms with van der Waals surface area (Å²) >= 11 is 0. The zero-order chi connectivity index (χ0) is 16.6. The Balaban J connectivity index is 1.37. The average Bonchev–Trinajstić information content (AvgIpc) is 3.08. The van der Waals surface area contributed by atoms with Crippen LogP contribution < -0.4 is 10.1 Å². The summed E-state index contributed by atoms with van der Waals surface area (Å²) in [6.45, 7) is 4.81. The molecule has 128 valence electrons. The zero-order valence-electron chi connectivity index (χ0n) is 14.0. The largest absolute Gasteiger partial charge is 0.494 e. The van der Waals surface area contributed by atoms with Crippen LogP contribution in [0.3, 0.4) is 0 Å². The molecule has 2 aliphatic rings. The summed E-state index contributed by atoms with van der Waals surface area (Å²) in [6, 6.07) is 8.37. The molecule has 1 aromatic carbocycles. The molecule has 1 N–H and O–H groups in total. The molecular weight excluding hydrogens is 302 g/mol. The Morgan fingerprint density at radius 1 is 1.25 bits per heavy atom. The summed E-state index contributed by atoms with van der Waals surface area (Å²) in [7, 11) is 0. The van der Waals surface area contributed by atoms with Gasteiger partial charge in [0.25, 0.3) is 0 Å². The molecule has 0 spiro atoms. The van der Waals surface area contributed by atoms with E-state index in [1.54, 1.807) is 12.3 Å². The van der Waals surface area contributed by atoms with Crippen molar-refractivity contribution >= 4 is 12.0 Å². The minimum absolute atomic E-state index is 0.0959. The van der Waals surface area contributed by atoms with Crippen molar-refractivity contribution in [2.75, 3.05) is 26.2 Å². The van der Waals surface area contributed by atoms with Gasteiger partial charge in [0.1, 0.15) is 11.6 Å². The first kappa shape index (κ1) is 16.7. The normalized spacial score (nSPS) is 17.8. The molecule has 1 saturated heterocycles. The van der Waals surface area contributed by atoms with E-state index < -0.39 is 0 Å². The van der Waals surface area contributed by atoms with Gasteiger partial charge in [-0.15, -0.1) is 0 Å². The standard InChI is InChI=1S/C19H25N3O2/c23-17-7-9-21-19(14-17)20-8-4-12-24-18-6-3-5-16(13-18)15-22-10-1-2-11-22/h3,5-6,9,13-14,20H,1-2,4,7-8,10-12,15H2. The van der Waals surface area contributed by atoms with Crippen molar-refractivity contribution < 1.29 is 9.53 Å². The van der Waals surface area contributed by atoms with E-state index in [2.05, 4.69) is 33.4 Å². The highest BCUT2D eigenvalue weighted by atomic mass is 16.5. The molecule has 0 atom stereocenters. The number of ketones is 1. The maximum atomic E-state index is 11.3. The Morgan fingerprint density at radius 3 is 2.96 bits per heavy atom. The second kappa shape index (κ2) is 8.64. The highest BCUT2D eigenvalue weighted by molar-refractivity contribution is 6.01. The van der Waals surface area contributed by atoms with Crippen LogP contribution in [0.25, 0.3) is 0 Å². The molecule has 5 nitrogen and oxygen atoms in total. The van der Waals surface area contributed by atoms with Gasteiger partial charge in [0, 0.05) is 31.8 Å². The van der Waals surface area contributed by atoms with Crippen LogP contribution in [0, 0.1) is 0 Å². The number of hydrogen-bond acceptors (Lipinski definition) is 5. The second-order valence-corrected chi connectivity index (χ2v) is 6.27. The molecule has 1 fully saturated rings. The summed E-state index contributed by atoms with van der Waals surface area (Å²) in [4.78, 5) is 17.9. The number of rotatable bonds is 8. The quantitative estimate of drug-likeness (QED) is 0.746. The Kier molecular flexibility index (Phi) is 6.01. The van der Waals surface area contributed by atoms with Gasteiger partial charge in [-0.3, -0.25) is 9.69 Å². The molecule has 1 aromatic rings. The number of carbonyl (C=O) groups is 1. The average molecular weight is 327 g/mol. The maximum absolute atomic E-state index is 11.3. The molecule has 0 bridgehead atoms. The van der Waals surface area contributed by atoms with Crippen molar-refractivity contribution in [2.24, 2.45) is 4.99 Å². The van der Waals surface area contributed by atoms with Gasteiger partial charge in [-0.1, -0.05) is 12.1 Å². The monoisotopic (exact) mass is 327 g/mol. The van der Waals surface area contributed by atoms with E-state index in [9.17, 15) is 4.79 Å². The predicted octanol–water partition coefficient (Wildman–Crippen LogP) is 2.53. The Labute approximate surface area is 143 Å². The summed E-state index contributed by atoms with van der Waals surface area (Å²) < 4.78 is 5.84. The number of carbonyl (C=O) groups excluding carboxylic acids is 1. The van der Waals surface area contributed by atoms with Gasteiger partial charge in [0.15, 0.2) is 5.78 Å². The van der Waals surface area contributed by atoms with Gasteiger partial charge in [-0.05, 0) is 50.0 Å². The van der Waals surface area contributed by atoms with Crippen molar-refractivity contribution in [2.45, 2.75) is 32.2 Å². The van der Waals surface area contributed by atoms with Crippen molar-refractivity contribution in [1.82, 2.24) is 10.2 Å². The topological polar surface area (TPSA) is 53.9 Å². The highest BCUT2D eigenvalue weighted by Gasteiger charge is 2.11. The van der Waals surface area contributed by atoms with E-state index in [1.165, 1.54) is 31.5 Å². The molecule has 24 heavy (non-hydrogen) atoms. The van der Waals surface area contributed by atoms with E-state index >= 15 is 0 Å². The van der Waals surface area contributed by atoms with Crippen molar-refractivity contribution in [3.63, 3.8) is 0 Å². The van der Waals surface area contributed by atoms with E-state index in [0.717, 1.165) is 25.3 Å². The number of nitrogens with zero attached hydrogens (tertiary/aromatic N) is 2. The third-order valence-corrected chi connectivity index (χ3v) is 4.22. The van der Waals surface area contributed by atoms with Crippen molar-refractivity contribution in [3.8, 4) is 5.75 Å². The van der Waals surface area contributed by atoms with E-state index in [4.69, 9.17) is 4.74 Å². The smallest absolute Gasteiger partial charge is 0.164 e. The lowest BCUT2D eigenvalue weighted by molar-refractivity contribution is -0.113. The number of allylic oxidation sites excluding steroid dienone is 1. The summed E-state index contributed by atoms with van der Waals surface area (Å²) in [6.07, 6.45) is 7.10. The molecule has 0 unspecified atom stereocenters. The number of aliphatic imine (C=N–C) groups is 1. The fourth-order valence-corrected chi connectivity index (χ4v) is 2.99. The fourth-order valence-electron chi connectivity index (χ4n) is 2.99. The molecule has 0 radical (unpaired) electrons. The van der Waals surface area contributed by atoms with E-state index in [1.807, 2.05) is 6.07 Å². The number of nitrogens with one attached hydrogen (secondary N) is 1. The number of likely N-dealkylation sites (tertiary alicyclic amines) is 1. The molecule has 2 aliphatic heterocycles. The minimum atomic E-state index is 0.0959. The first-order chi connectivity index (χ1) is 11.8. The summed E-state index contributed by atoms with van der Waals surface area (Å²) in [5.41, 5.74) is 1.31. The molecule has 3 rings (SSSR count). The molecule has 0 aliphatic carbocycles. The third-order valence-electron chi connectivity index (χ3n) is 4.22. The van der Waals surface area contributed by atoms with Crippen LogP contribution >= 0.6 is 0 Å². The summed E-state index contributed by atoms with van der Waals surface area (Å²) in [5, 5.41) is 3.15. The van der Waals surface area contributed by atoms with Crippen LogP contribution in [0.1, 0.15) is 31.2 Å². The highest BCUT2D eigenvalue weighted by Crippen LogP contribution is 2.17. The van der Waals surface area contributed by atoms with Crippen LogP contribution in [0.2, 0.25) is 0 Å². The molecular formula is C19H25N3O2. The third kappa shape index (κ3) is 5.20. The Hall–Kier alpha value is -2.14. The Bertz CT molecular complexity index is 619. The first-order valence-electron chi connectivity index (χ1n) is 8.75. The molecule has 0 amide bonds. The zero-order valence-corrected chi connectivity index (χ0v) is 14.0. The van der Waals surface area contributed by atoms with Crippen LogP contribution in [-0.4, -0.2) is 43.1 Å². The number of benzene rings is 1. The lowest BCUT2D eigenvalue weighted by Gasteiger charge is -2.15. The summed E-state index contributed by atoms with van der Waals surface area (Å²) in [5.74, 6) is 1.68. The molecule has 5 heteroatoms. The van der Waals surface area contributed by atoms with Gasteiger partial charge in [0.2, 0.25) is 0 Å².